The highest BCUT2D eigenvalue weighted by Crippen LogP contribution is 2.21. The van der Waals surface area contributed by atoms with Gasteiger partial charge in [0.25, 0.3) is 0 Å². The topological polar surface area (TPSA) is 112 Å². The second kappa shape index (κ2) is 5.98. The number of aromatic nitrogens is 1. The number of pyridine rings is 1. The van der Waals surface area contributed by atoms with Crippen LogP contribution in [0.2, 0.25) is 0 Å². The van der Waals surface area contributed by atoms with Gasteiger partial charge in [0.15, 0.2) is 6.04 Å². The van der Waals surface area contributed by atoms with Crippen molar-refractivity contribution in [2.75, 3.05) is 11.9 Å². The van der Waals surface area contributed by atoms with E-state index in [1.165, 1.54) is 0 Å². The van der Waals surface area contributed by atoms with Crippen LogP contribution in [0, 0.1) is 0 Å². The van der Waals surface area contributed by atoms with E-state index in [1.807, 2.05) is 6.07 Å². The van der Waals surface area contributed by atoms with E-state index in [4.69, 9.17) is 10.2 Å². The van der Waals surface area contributed by atoms with Crippen molar-refractivity contribution in [3.63, 3.8) is 0 Å². The summed E-state index contributed by atoms with van der Waals surface area (Å²) in [4.78, 5) is 26.4. The lowest BCUT2D eigenvalue weighted by Crippen LogP contribution is -2.45. The molecule has 1 unspecified atom stereocenters. The molecule has 7 heteroatoms. The molecule has 0 aliphatic rings. The Hall–Kier alpha value is -2.67. The van der Waals surface area contributed by atoms with Crippen molar-refractivity contribution in [2.24, 2.45) is 0 Å². The summed E-state index contributed by atoms with van der Waals surface area (Å²) < 4.78 is 0. The number of aliphatic carboxylic acids is 1. The first-order chi connectivity index (χ1) is 9.61. The molecular weight excluding hydrogens is 262 g/mol. The van der Waals surface area contributed by atoms with Crippen molar-refractivity contribution in [1.29, 1.82) is 0 Å². The minimum absolute atomic E-state index is 0.532. The minimum atomic E-state index is -1.34. The summed E-state index contributed by atoms with van der Waals surface area (Å²) in [5, 5.41) is 24.0. The summed E-state index contributed by atoms with van der Waals surface area (Å²) in [7, 11) is 0. The van der Waals surface area contributed by atoms with Gasteiger partial charge in [-0.2, -0.15) is 0 Å². The van der Waals surface area contributed by atoms with Gasteiger partial charge in [0.05, 0.1) is 12.3 Å². The molecule has 7 nitrogen and oxygen atoms in total. The van der Waals surface area contributed by atoms with Crippen molar-refractivity contribution in [1.82, 2.24) is 10.3 Å². The zero-order chi connectivity index (χ0) is 14.5. The summed E-state index contributed by atoms with van der Waals surface area (Å²) in [6, 6.07) is 4.99. The number of carbonyl (C=O) groups is 2. The van der Waals surface area contributed by atoms with Gasteiger partial charge in [-0.15, -0.1) is 0 Å². The minimum Gasteiger partial charge on any atom is -0.480 e. The number of rotatable bonds is 4. The number of hydrogen-bond acceptors (Lipinski definition) is 4. The molecular formula is C13H13N3O4. The molecule has 0 aliphatic carbocycles. The number of fused-ring (bicyclic) bond motifs is 1. The van der Waals surface area contributed by atoms with Crippen molar-refractivity contribution in [2.45, 2.75) is 6.04 Å². The second-order valence-electron chi connectivity index (χ2n) is 4.07. The lowest BCUT2D eigenvalue weighted by atomic mass is 10.1. The van der Waals surface area contributed by atoms with E-state index in [2.05, 4.69) is 15.6 Å². The molecule has 0 fully saturated rings. The highest BCUT2D eigenvalue weighted by molar-refractivity contribution is 6.02. The number of urea groups is 1. The number of benzene rings is 1. The van der Waals surface area contributed by atoms with E-state index in [1.54, 1.807) is 30.6 Å². The van der Waals surface area contributed by atoms with Crippen LogP contribution in [-0.2, 0) is 4.79 Å². The van der Waals surface area contributed by atoms with Gasteiger partial charge in [-0.1, -0.05) is 12.1 Å². The standard InChI is InChI=1S/C13H13N3O4/c17-7-11(12(18)19)16-13(20)15-10-3-1-2-8-6-14-5-4-9(8)10/h1-6,11,17H,7H2,(H,18,19)(H2,15,16,20). The normalized spacial score (nSPS) is 11.8. The predicted octanol–water partition coefficient (Wildman–Crippen LogP) is 0.802. The number of amides is 2. The average molecular weight is 275 g/mol. The Morgan fingerprint density at radius 1 is 1.30 bits per heavy atom. The van der Waals surface area contributed by atoms with Gasteiger partial charge in [0, 0.05) is 23.2 Å². The number of carbonyl (C=O) groups excluding carboxylic acids is 1. The summed E-state index contributed by atoms with van der Waals surface area (Å²) in [5.74, 6) is -1.30. The first-order valence-corrected chi connectivity index (χ1v) is 5.85. The number of hydrogen-bond donors (Lipinski definition) is 4. The highest BCUT2D eigenvalue weighted by atomic mass is 16.4. The summed E-state index contributed by atoms with van der Waals surface area (Å²) in [6.45, 7) is -0.678. The van der Waals surface area contributed by atoms with Crippen molar-refractivity contribution in [3.05, 3.63) is 36.7 Å². The second-order valence-corrected chi connectivity index (χ2v) is 4.07. The molecule has 2 aromatic rings. The summed E-state index contributed by atoms with van der Waals surface area (Å²) >= 11 is 0. The zero-order valence-electron chi connectivity index (χ0n) is 10.4. The lowest BCUT2D eigenvalue weighted by molar-refractivity contribution is -0.140. The van der Waals surface area contributed by atoms with Crippen LogP contribution in [0.4, 0.5) is 10.5 Å². The molecule has 1 heterocycles. The van der Waals surface area contributed by atoms with Crippen LogP contribution < -0.4 is 10.6 Å². The third-order valence-corrected chi connectivity index (χ3v) is 2.71. The molecule has 104 valence electrons. The number of carboxylic acids is 1. The molecule has 0 radical (unpaired) electrons. The van der Waals surface area contributed by atoms with Crippen LogP contribution in [0.15, 0.2) is 36.7 Å². The monoisotopic (exact) mass is 275 g/mol. The van der Waals surface area contributed by atoms with Gasteiger partial charge in [-0.3, -0.25) is 4.98 Å². The van der Waals surface area contributed by atoms with Crippen LogP contribution in [0.5, 0.6) is 0 Å². The lowest BCUT2D eigenvalue weighted by Gasteiger charge is -2.13. The van der Waals surface area contributed by atoms with Crippen LogP contribution in [0.25, 0.3) is 10.8 Å². The Morgan fingerprint density at radius 2 is 2.10 bits per heavy atom. The number of nitrogens with zero attached hydrogens (tertiary/aromatic N) is 1. The van der Waals surface area contributed by atoms with E-state index < -0.39 is 24.6 Å². The molecule has 1 aromatic heterocycles. The molecule has 0 spiro atoms. The van der Waals surface area contributed by atoms with Gasteiger partial charge in [-0.25, -0.2) is 9.59 Å². The Labute approximate surface area is 114 Å². The smallest absolute Gasteiger partial charge is 0.328 e. The van der Waals surface area contributed by atoms with Crippen LogP contribution in [-0.4, -0.2) is 39.8 Å². The maximum atomic E-state index is 11.7. The maximum absolute atomic E-state index is 11.7. The largest absolute Gasteiger partial charge is 0.480 e. The zero-order valence-corrected chi connectivity index (χ0v) is 10.4. The molecule has 1 aromatic carbocycles. The van der Waals surface area contributed by atoms with Crippen LogP contribution in [0.1, 0.15) is 0 Å². The predicted molar refractivity (Wildman–Crippen MR) is 72.4 cm³/mol. The number of aliphatic hydroxyl groups excluding tert-OH is 1. The molecule has 2 rings (SSSR count). The molecule has 1 atom stereocenters. The van der Waals surface area contributed by atoms with Crippen molar-refractivity contribution >= 4 is 28.5 Å². The van der Waals surface area contributed by atoms with Gasteiger partial charge in [0.2, 0.25) is 0 Å². The third-order valence-electron chi connectivity index (χ3n) is 2.71. The fourth-order valence-corrected chi connectivity index (χ4v) is 1.73. The average Bonchev–Trinajstić information content (AvgIpc) is 2.45. The maximum Gasteiger partial charge on any atom is 0.328 e. The van der Waals surface area contributed by atoms with E-state index in [0.717, 1.165) is 10.8 Å². The molecule has 2 amide bonds. The Balaban J connectivity index is 2.16. The van der Waals surface area contributed by atoms with E-state index in [0.29, 0.717) is 5.69 Å². The summed E-state index contributed by atoms with van der Waals surface area (Å²) in [5.41, 5.74) is 0.532. The first kappa shape index (κ1) is 13.8. The molecule has 0 aliphatic heterocycles. The Kier molecular flexibility index (Phi) is 4.11. The molecule has 4 N–H and O–H groups in total. The Bertz CT molecular complexity index is 639. The molecule has 0 saturated heterocycles. The first-order valence-electron chi connectivity index (χ1n) is 5.85. The van der Waals surface area contributed by atoms with Crippen molar-refractivity contribution in [3.8, 4) is 0 Å². The number of nitrogens with one attached hydrogen (secondary N) is 2. The van der Waals surface area contributed by atoms with Gasteiger partial charge < -0.3 is 20.8 Å². The van der Waals surface area contributed by atoms with Gasteiger partial charge in [0.1, 0.15) is 0 Å². The third kappa shape index (κ3) is 3.01. The molecule has 0 bridgehead atoms. The number of carboxylic acid groups (broad SMARTS) is 1. The number of anilines is 1. The molecule has 0 saturated carbocycles. The van der Waals surface area contributed by atoms with Crippen LogP contribution >= 0.6 is 0 Å². The van der Waals surface area contributed by atoms with E-state index in [-0.39, 0.29) is 0 Å². The fourth-order valence-electron chi connectivity index (χ4n) is 1.73. The highest BCUT2D eigenvalue weighted by Gasteiger charge is 2.18. The van der Waals surface area contributed by atoms with Crippen LogP contribution in [0.3, 0.4) is 0 Å². The quantitative estimate of drug-likeness (QED) is 0.659. The molecule has 20 heavy (non-hydrogen) atoms. The van der Waals surface area contributed by atoms with Gasteiger partial charge >= 0.3 is 12.0 Å². The van der Waals surface area contributed by atoms with E-state index >= 15 is 0 Å². The van der Waals surface area contributed by atoms with Crippen molar-refractivity contribution < 1.29 is 19.8 Å². The Morgan fingerprint density at radius 3 is 2.80 bits per heavy atom. The summed E-state index contributed by atoms with van der Waals surface area (Å²) in [6.07, 6.45) is 3.26. The SMILES string of the molecule is O=C(Nc1cccc2cnccc12)NC(CO)C(=O)O. The van der Waals surface area contributed by atoms with E-state index in [9.17, 15) is 9.59 Å². The number of aliphatic hydroxyl groups is 1. The fraction of sp³-hybridized carbons (Fsp3) is 0.154. The van der Waals surface area contributed by atoms with Gasteiger partial charge in [-0.05, 0) is 12.1 Å².